The average Bonchev–Trinajstić information content (AvgIpc) is 3.31. The Morgan fingerprint density at radius 1 is 1.18 bits per heavy atom. The Bertz CT molecular complexity index is 1170. The number of hydrogen-bond acceptors (Lipinski definition) is 6. The van der Waals surface area contributed by atoms with Crippen molar-refractivity contribution in [3.05, 3.63) is 64.4 Å². The number of benzene rings is 1. The maximum absolute atomic E-state index is 13.0. The molecule has 2 rings (SSSR count). The fourth-order valence-electron chi connectivity index (χ4n) is 4.16. The molecule has 218 valence electrons. The molecule has 0 saturated carbocycles. The van der Waals surface area contributed by atoms with Gasteiger partial charge in [-0.3, -0.25) is 19.2 Å². The van der Waals surface area contributed by atoms with E-state index in [-0.39, 0.29) is 35.8 Å². The second-order valence-corrected chi connectivity index (χ2v) is 12.8. The molecule has 0 aliphatic carbocycles. The number of aryl methyl sites for hydroxylation is 1. The van der Waals surface area contributed by atoms with Gasteiger partial charge in [0.25, 0.3) is 0 Å². The molecule has 0 fully saturated rings. The van der Waals surface area contributed by atoms with Gasteiger partial charge in [0.2, 0.25) is 17.7 Å². The Kier molecular flexibility index (Phi) is 14.0. The van der Waals surface area contributed by atoms with Gasteiger partial charge in [-0.2, -0.15) is 0 Å². The first kappa shape index (κ1) is 33.1. The van der Waals surface area contributed by atoms with E-state index in [9.17, 15) is 19.2 Å². The number of rotatable bonds is 18. The van der Waals surface area contributed by atoms with Gasteiger partial charge in [0.1, 0.15) is 6.04 Å². The van der Waals surface area contributed by atoms with Crippen LogP contribution in [0, 0.1) is 6.92 Å². The van der Waals surface area contributed by atoms with Crippen LogP contribution in [0.1, 0.15) is 68.4 Å². The highest BCUT2D eigenvalue weighted by molar-refractivity contribution is 8.01. The molecular formula is C30H41N3O5S2. The summed E-state index contributed by atoms with van der Waals surface area (Å²) in [6.45, 7) is 9.80. The predicted molar refractivity (Wildman–Crippen MR) is 164 cm³/mol. The smallest absolute Gasteiger partial charge is 0.303 e. The van der Waals surface area contributed by atoms with E-state index < -0.39 is 23.8 Å². The SMILES string of the molecule is C=CCC(C)(CCCC)SCC(=O)NCC(=O)N[C@@H](CCC(=O)O)C(=O)Nc1cccc(Cc2csc(C)c2)c1. The Morgan fingerprint density at radius 3 is 2.60 bits per heavy atom. The van der Waals surface area contributed by atoms with Gasteiger partial charge in [-0.25, -0.2) is 0 Å². The molecule has 2 aromatic rings. The standard InChI is InChI=1S/C30H41N3O5S2/c1-5-7-14-30(4,13-6-2)40-20-27(35)31-18-26(34)33-25(11-12-28(36)37)29(38)32-24-10-8-9-22(17-24)16-23-15-21(3)39-19-23/h6,8-10,15,17,19,25H,2,5,7,11-14,16,18,20H2,1,3-4H3,(H,31,35)(H,32,38)(H,33,34)(H,36,37)/t25-,30?/m0/s1. The first-order valence-corrected chi connectivity index (χ1v) is 15.4. The van der Waals surface area contributed by atoms with Crippen molar-refractivity contribution in [3.63, 3.8) is 0 Å². The molecule has 1 heterocycles. The topological polar surface area (TPSA) is 125 Å². The van der Waals surface area contributed by atoms with Crippen molar-refractivity contribution in [1.29, 1.82) is 0 Å². The zero-order valence-corrected chi connectivity index (χ0v) is 25.2. The zero-order valence-electron chi connectivity index (χ0n) is 23.6. The van der Waals surface area contributed by atoms with Gasteiger partial charge in [0.05, 0.1) is 12.3 Å². The van der Waals surface area contributed by atoms with E-state index >= 15 is 0 Å². The minimum absolute atomic E-state index is 0.0814. The molecule has 1 aromatic carbocycles. The van der Waals surface area contributed by atoms with Crippen LogP contribution in [0.4, 0.5) is 5.69 Å². The van der Waals surface area contributed by atoms with Crippen molar-refractivity contribution >= 4 is 52.5 Å². The molecule has 2 atom stereocenters. The number of carboxylic acids is 1. The predicted octanol–water partition coefficient (Wildman–Crippen LogP) is 5.31. The lowest BCUT2D eigenvalue weighted by Gasteiger charge is -2.27. The first-order chi connectivity index (χ1) is 19.0. The Hall–Kier alpha value is -3.11. The van der Waals surface area contributed by atoms with Crippen molar-refractivity contribution in [1.82, 2.24) is 10.6 Å². The molecule has 3 amide bonds. The number of nitrogens with one attached hydrogen (secondary N) is 3. The molecule has 8 nitrogen and oxygen atoms in total. The quantitative estimate of drug-likeness (QED) is 0.175. The van der Waals surface area contributed by atoms with E-state index in [0.717, 1.165) is 37.7 Å². The van der Waals surface area contributed by atoms with E-state index in [2.05, 4.69) is 54.7 Å². The van der Waals surface area contributed by atoms with Gasteiger partial charge in [-0.15, -0.1) is 29.7 Å². The highest BCUT2D eigenvalue weighted by Crippen LogP contribution is 2.34. The monoisotopic (exact) mass is 587 g/mol. The van der Waals surface area contributed by atoms with Crippen molar-refractivity contribution in [2.75, 3.05) is 17.6 Å². The highest BCUT2D eigenvalue weighted by atomic mass is 32.2. The molecule has 0 saturated heterocycles. The third-order valence-corrected chi connectivity index (χ3v) is 8.70. The van der Waals surface area contributed by atoms with Crippen molar-refractivity contribution in [2.45, 2.75) is 76.5 Å². The number of carbonyl (C=O) groups is 4. The van der Waals surface area contributed by atoms with Crippen LogP contribution in [0.5, 0.6) is 0 Å². The number of hydrogen-bond donors (Lipinski definition) is 4. The van der Waals surface area contributed by atoms with E-state index in [1.165, 1.54) is 22.2 Å². The number of amides is 3. The highest BCUT2D eigenvalue weighted by Gasteiger charge is 2.25. The van der Waals surface area contributed by atoms with Gasteiger partial charge in [-0.1, -0.05) is 44.9 Å². The molecule has 0 radical (unpaired) electrons. The Labute approximate surface area is 245 Å². The van der Waals surface area contributed by atoms with Gasteiger partial charge >= 0.3 is 5.97 Å². The van der Waals surface area contributed by atoms with Crippen molar-refractivity contribution in [3.8, 4) is 0 Å². The summed E-state index contributed by atoms with van der Waals surface area (Å²) in [5.41, 5.74) is 2.76. The number of unbranched alkanes of at least 4 members (excludes halogenated alkanes) is 1. The molecule has 1 aromatic heterocycles. The lowest BCUT2D eigenvalue weighted by Crippen LogP contribution is -2.48. The van der Waals surface area contributed by atoms with Crippen LogP contribution in [0.15, 0.2) is 48.4 Å². The van der Waals surface area contributed by atoms with Crippen LogP contribution < -0.4 is 16.0 Å². The van der Waals surface area contributed by atoms with Crippen LogP contribution in [0.2, 0.25) is 0 Å². The first-order valence-electron chi connectivity index (χ1n) is 13.5. The number of thiophene rings is 1. The third kappa shape index (κ3) is 12.4. The third-order valence-electron chi connectivity index (χ3n) is 6.32. The van der Waals surface area contributed by atoms with E-state index in [1.54, 1.807) is 17.4 Å². The summed E-state index contributed by atoms with van der Waals surface area (Å²) in [6.07, 6.45) is 6.07. The normalized spacial score (nSPS) is 13.1. The Balaban J connectivity index is 1.93. The fraction of sp³-hybridized carbons (Fsp3) is 0.467. The molecule has 0 spiro atoms. The van der Waals surface area contributed by atoms with Crippen LogP contribution in [-0.4, -0.2) is 51.9 Å². The van der Waals surface area contributed by atoms with Crippen molar-refractivity contribution < 1.29 is 24.3 Å². The van der Waals surface area contributed by atoms with Gasteiger partial charge in [0, 0.05) is 21.7 Å². The summed E-state index contributed by atoms with van der Waals surface area (Å²) < 4.78 is -0.0999. The van der Waals surface area contributed by atoms with Crippen LogP contribution in [0.25, 0.3) is 0 Å². The summed E-state index contributed by atoms with van der Waals surface area (Å²) in [5.74, 6) is -2.24. The molecule has 0 bridgehead atoms. The summed E-state index contributed by atoms with van der Waals surface area (Å²) in [5, 5.41) is 19.2. The van der Waals surface area contributed by atoms with Crippen LogP contribution >= 0.6 is 23.1 Å². The maximum atomic E-state index is 13.0. The summed E-state index contributed by atoms with van der Waals surface area (Å²) in [7, 11) is 0. The number of carboxylic acid groups (broad SMARTS) is 1. The molecular weight excluding hydrogens is 546 g/mol. The second kappa shape index (κ2) is 16.9. The Morgan fingerprint density at radius 2 is 1.95 bits per heavy atom. The molecule has 10 heteroatoms. The number of thioether (sulfide) groups is 1. The molecule has 1 unspecified atom stereocenters. The summed E-state index contributed by atoms with van der Waals surface area (Å²) in [4.78, 5) is 50.4. The molecule has 40 heavy (non-hydrogen) atoms. The minimum atomic E-state index is -1.07. The molecule has 0 aliphatic heterocycles. The van der Waals surface area contributed by atoms with Crippen LogP contribution in [0.3, 0.4) is 0 Å². The van der Waals surface area contributed by atoms with Gasteiger partial charge in [-0.05, 0) is 67.3 Å². The molecule has 0 aliphatic rings. The van der Waals surface area contributed by atoms with E-state index in [1.807, 2.05) is 24.3 Å². The number of carbonyl (C=O) groups excluding carboxylic acids is 3. The lowest BCUT2D eigenvalue weighted by molar-refractivity contribution is -0.137. The minimum Gasteiger partial charge on any atom is -0.481 e. The van der Waals surface area contributed by atoms with E-state index in [4.69, 9.17) is 5.11 Å². The van der Waals surface area contributed by atoms with Gasteiger partial charge in [0.15, 0.2) is 0 Å². The molecule has 4 N–H and O–H groups in total. The second-order valence-electron chi connectivity index (χ2n) is 10.1. The lowest BCUT2D eigenvalue weighted by atomic mass is 10.00. The van der Waals surface area contributed by atoms with Crippen molar-refractivity contribution in [2.24, 2.45) is 0 Å². The van der Waals surface area contributed by atoms with Crippen LogP contribution in [-0.2, 0) is 25.6 Å². The van der Waals surface area contributed by atoms with Gasteiger partial charge < -0.3 is 21.1 Å². The summed E-state index contributed by atoms with van der Waals surface area (Å²) in [6, 6.07) is 8.47. The maximum Gasteiger partial charge on any atom is 0.303 e. The largest absolute Gasteiger partial charge is 0.481 e. The number of anilines is 1. The number of aliphatic carboxylic acids is 1. The zero-order chi connectivity index (χ0) is 29.5. The summed E-state index contributed by atoms with van der Waals surface area (Å²) >= 11 is 3.22. The average molecular weight is 588 g/mol. The number of allylic oxidation sites excluding steroid dienone is 1. The van der Waals surface area contributed by atoms with E-state index in [0.29, 0.717) is 5.69 Å². The fourth-order valence-corrected chi connectivity index (χ4v) is 5.97.